The zero-order valence-corrected chi connectivity index (χ0v) is 34.2. The second-order valence-corrected chi connectivity index (χ2v) is 18.9. The van der Waals surface area contributed by atoms with E-state index in [-0.39, 0.29) is 32.8 Å². The van der Waals surface area contributed by atoms with Crippen molar-refractivity contribution in [2.24, 2.45) is 0 Å². The molecule has 5 heterocycles. The normalized spacial score (nSPS) is 17.2. The molecule has 4 aromatic heterocycles. The molecule has 11 heteroatoms. The maximum Gasteiger partial charge on any atom is 0.263 e. The van der Waals surface area contributed by atoms with E-state index in [0.29, 0.717) is 15.7 Å². The molecule has 0 atom stereocenters. The summed E-state index contributed by atoms with van der Waals surface area (Å²) in [5, 5.41) is 13.5. The number of para-hydroxylation sites is 2. The van der Waals surface area contributed by atoms with E-state index in [9.17, 15) is 19.5 Å². The minimum atomic E-state index is -0.198. The molecule has 7 aromatic rings. The van der Waals surface area contributed by atoms with E-state index in [4.69, 9.17) is 0 Å². The zero-order valence-electron chi connectivity index (χ0n) is 30.1. The van der Waals surface area contributed by atoms with Crippen LogP contribution in [0.15, 0.2) is 122 Å². The Hall–Kier alpha value is -4.65. The lowest BCUT2D eigenvalue weighted by atomic mass is 9.88. The van der Waals surface area contributed by atoms with Gasteiger partial charge in [-0.05, 0) is 67.1 Å². The van der Waals surface area contributed by atoms with E-state index >= 15 is 0 Å². The first-order valence-electron chi connectivity index (χ1n) is 18.4. The number of allylic oxidation sites excluding steroid dienone is 3. The van der Waals surface area contributed by atoms with Gasteiger partial charge in [0.05, 0.1) is 32.3 Å². The van der Waals surface area contributed by atoms with Crippen molar-refractivity contribution in [3.63, 3.8) is 0 Å². The highest BCUT2D eigenvalue weighted by atomic mass is 32.2. The number of thiophene rings is 3. The number of nitrogens with zero attached hydrogens (tertiary/aromatic N) is 2. The predicted octanol–water partition coefficient (Wildman–Crippen LogP) is 8.26. The van der Waals surface area contributed by atoms with Crippen LogP contribution in [-0.4, -0.2) is 17.4 Å². The Morgan fingerprint density at radius 3 is 2.02 bits per heavy atom. The summed E-state index contributed by atoms with van der Waals surface area (Å²) in [5.74, 6) is -0.0931. The minimum absolute atomic E-state index is 0.0472. The number of carbonyl (C=O) groups is 1. The summed E-state index contributed by atoms with van der Waals surface area (Å²) >= 11 is 7.81. The number of aliphatic hydroxyl groups excluding tert-OH is 1. The van der Waals surface area contributed by atoms with Gasteiger partial charge in [-0.25, -0.2) is 0 Å². The van der Waals surface area contributed by atoms with Crippen molar-refractivity contribution in [2.75, 3.05) is 11.4 Å². The monoisotopic (exact) mass is 815 g/mol. The van der Waals surface area contributed by atoms with Crippen LogP contribution in [0.25, 0.3) is 21.9 Å². The molecule has 0 radical (unpaired) electrons. The van der Waals surface area contributed by atoms with Crippen molar-refractivity contribution in [1.82, 2.24) is 0 Å². The number of benzene rings is 2. The van der Waals surface area contributed by atoms with Crippen LogP contribution in [0.3, 0.4) is 0 Å². The first-order valence-corrected chi connectivity index (χ1v) is 22.4. The maximum absolute atomic E-state index is 13.5. The Kier molecular flexibility index (Phi) is 9.68. The number of aliphatic hydroxyl groups is 1. The van der Waals surface area contributed by atoms with Crippen LogP contribution in [0.4, 0.5) is 5.69 Å². The predicted molar refractivity (Wildman–Crippen MR) is 228 cm³/mol. The van der Waals surface area contributed by atoms with Gasteiger partial charge in [0.2, 0.25) is 22.2 Å². The van der Waals surface area contributed by atoms with Crippen LogP contribution in [0.2, 0.25) is 0 Å². The number of fused-ring (bicyclic) bond motifs is 2. The molecule has 1 aliphatic carbocycles. The molecule has 0 amide bonds. The van der Waals surface area contributed by atoms with Crippen molar-refractivity contribution < 1.29 is 14.5 Å². The highest BCUT2D eigenvalue weighted by molar-refractivity contribution is 8.03. The summed E-state index contributed by atoms with van der Waals surface area (Å²) in [5.41, 5.74) is 2.60. The second kappa shape index (κ2) is 14.8. The molecule has 1 aliphatic heterocycles. The average molecular weight is 816 g/mol. The van der Waals surface area contributed by atoms with Gasteiger partial charge in [-0.15, -0.1) is 34.0 Å². The summed E-state index contributed by atoms with van der Waals surface area (Å²) in [4.78, 5) is 43.7. The fourth-order valence-corrected chi connectivity index (χ4v) is 12.6. The number of carbonyl (C=O) groups excluding carboxylic acids is 1. The standard InChI is InChI=1S/C44H34N2O4S5/c1-3-5-21-45-27-11-7-9-13-29(27)54-37(45)23-25-41(47)39(42(25)48)35-19-17-33(52-35)31-15-16-32(51-31)34-18-20-36(53-34)40-43(49)26(44(40)50)24-38-46(22-6-4-2)28-12-8-10-14-30(28)55-38/h7-20,23-24H,3-6,21-22H2,1-2H3/p+1. The van der Waals surface area contributed by atoms with E-state index in [1.807, 2.05) is 54.6 Å². The third-order valence-corrected chi connectivity index (χ3v) is 15.9. The van der Waals surface area contributed by atoms with Crippen LogP contribution in [0.1, 0.15) is 44.5 Å². The molecule has 1 N–H and O–H groups in total. The molecule has 0 saturated heterocycles. The van der Waals surface area contributed by atoms with Crippen LogP contribution < -0.4 is 30.1 Å². The molecule has 0 unspecified atom stereocenters. The van der Waals surface area contributed by atoms with Gasteiger partial charge in [-0.2, -0.15) is 4.57 Å². The Balaban J connectivity index is 1.06. The molecule has 3 aromatic carbocycles. The first-order chi connectivity index (χ1) is 26.8. The van der Waals surface area contributed by atoms with Gasteiger partial charge in [0.15, 0.2) is 6.54 Å². The number of thiazole rings is 1. The topological polar surface area (TPSA) is 78.6 Å². The van der Waals surface area contributed by atoms with Crippen LogP contribution in [0.5, 0.6) is 0 Å². The SMILES string of the molecule is CCCCN1C(=CC2=C(O)C(=c3ccc(=c4ccc(=c5ccc(=c6c(=O)c(=Cc7sc8ccccc8[n+]7CCCC)c6=O)s5)s4)s3)C2=O)Sc2ccccc21. The largest absolute Gasteiger partial charge is 0.506 e. The van der Waals surface area contributed by atoms with E-state index in [2.05, 4.69) is 59.7 Å². The van der Waals surface area contributed by atoms with Gasteiger partial charge in [-0.3, -0.25) is 14.4 Å². The summed E-state index contributed by atoms with van der Waals surface area (Å²) in [6, 6.07) is 28.3. The number of thioether (sulfide) groups is 1. The molecule has 0 saturated carbocycles. The molecule has 274 valence electrons. The van der Waals surface area contributed by atoms with Crippen molar-refractivity contribution in [3.05, 3.63) is 170 Å². The lowest BCUT2D eigenvalue weighted by molar-refractivity contribution is -0.669. The average Bonchev–Trinajstić information content (AvgIpc) is 4.05. The first kappa shape index (κ1) is 36.0. The number of aryl methyl sites for hydroxylation is 1. The number of hydrogen-bond acceptors (Lipinski definition) is 10. The third kappa shape index (κ3) is 6.32. The fraction of sp³-hybridized carbons (Fsp3) is 0.182. The van der Waals surface area contributed by atoms with E-state index < -0.39 is 0 Å². The minimum Gasteiger partial charge on any atom is -0.506 e. The molecular weight excluding hydrogens is 781 g/mol. The van der Waals surface area contributed by atoms with Crippen molar-refractivity contribution >= 4 is 90.4 Å². The zero-order chi connectivity index (χ0) is 37.8. The van der Waals surface area contributed by atoms with Gasteiger partial charge in [0.25, 0.3) is 5.01 Å². The van der Waals surface area contributed by atoms with Crippen molar-refractivity contribution in [1.29, 1.82) is 0 Å². The third-order valence-electron chi connectivity index (χ3n) is 9.98. The number of anilines is 1. The summed E-state index contributed by atoms with van der Waals surface area (Å²) in [7, 11) is 0. The molecule has 6 nitrogen and oxygen atoms in total. The van der Waals surface area contributed by atoms with Crippen molar-refractivity contribution in [2.45, 2.75) is 51.0 Å². The molecule has 0 bridgehead atoms. The number of hydrogen-bond donors (Lipinski definition) is 1. The van der Waals surface area contributed by atoms with Gasteiger partial charge in [0, 0.05) is 57.2 Å². The lowest BCUT2D eigenvalue weighted by Gasteiger charge is -2.23. The molecule has 55 heavy (non-hydrogen) atoms. The molecule has 9 rings (SSSR count). The smallest absolute Gasteiger partial charge is 0.263 e. The Morgan fingerprint density at radius 1 is 0.691 bits per heavy atom. The lowest BCUT2D eigenvalue weighted by Crippen LogP contribution is -2.50. The molecule has 0 spiro atoms. The Morgan fingerprint density at radius 2 is 1.31 bits per heavy atom. The summed E-state index contributed by atoms with van der Waals surface area (Å²) in [6.07, 6.45) is 7.79. The van der Waals surface area contributed by atoms with Gasteiger partial charge >= 0.3 is 0 Å². The number of rotatable bonds is 8. The summed E-state index contributed by atoms with van der Waals surface area (Å²) in [6.45, 7) is 6.02. The number of ketones is 1. The van der Waals surface area contributed by atoms with Crippen LogP contribution in [0, 0.1) is 27.9 Å². The van der Waals surface area contributed by atoms with Gasteiger partial charge in [-0.1, -0.05) is 74.1 Å². The van der Waals surface area contributed by atoms with E-state index in [0.717, 1.165) is 92.3 Å². The Labute approximate surface area is 335 Å². The van der Waals surface area contributed by atoms with Gasteiger partial charge in [0.1, 0.15) is 10.5 Å². The molecular formula is C44H35N2O4S5+. The highest BCUT2D eigenvalue weighted by Gasteiger charge is 2.35. The quantitative estimate of drug-likeness (QED) is 0.156. The second-order valence-electron chi connectivity index (χ2n) is 13.5. The number of aromatic nitrogens is 1. The van der Waals surface area contributed by atoms with Crippen LogP contribution >= 0.6 is 57.1 Å². The fourth-order valence-electron chi connectivity index (χ4n) is 7.03. The van der Waals surface area contributed by atoms with E-state index in [1.54, 1.807) is 40.5 Å². The number of unbranched alkanes of at least 4 members (excludes halogenated alkanes) is 2. The number of Topliss-reactive ketones (excluding diaryl/α,β-unsaturated/α-hetero) is 1. The highest BCUT2D eigenvalue weighted by Crippen LogP contribution is 2.47. The maximum atomic E-state index is 13.5. The summed E-state index contributed by atoms with van der Waals surface area (Å²) < 4.78 is 8.85. The molecule has 2 aliphatic rings. The van der Waals surface area contributed by atoms with Crippen molar-refractivity contribution in [3.8, 4) is 0 Å². The van der Waals surface area contributed by atoms with Crippen LogP contribution in [-0.2, 0) is 11.3 Å². The van der Waals surface area contributed by atoms with E-state index in [1.165, 1.54) is 22.7 Å². The van der Waals surface area contributed by atoms with Gasteiger partial charge < -0.3 is 10.0 Å². The molecule has 0 fully saturated rings. The Bertz CT molecular complexity index is 3230.